The Morgan fingerprint density at radius 2 is 1.54 bits per heavy atom. The van der Waals surface area contributed by atoms with Gasteiger partial charge in [0.1, 0.15) is 42.2 Å². The minimum Gasteiger partial charge on any atom is -0.491 e. The van der Waals surface area contributed by atoms with Crippen LogP contribution in [0, 0.1) is 5.82 Å². The Hall–Kier alpha value is -2.96. The van der Waals surface area contributed by atoms with E-state index in [1.165, 1.54) is 17.0 Å². The van der Waals surface area contributed by atoms with Gasteiger partial charge >= 0.3 is 6.09 Å². The highest BCUT2D eigenvalue weighted by atomic mass is 19.1. The Morgan fingerprint density at radius 3 is 2.17 bits per heavy atom. The highest BCUT2D eigenvalue weighted by Crippen LogP contribution is 2.21. The quantitative estimate of drug-likeness (QED) is 0.227. The van der Waals surface area contributed by atoms with Crippen molar-refractivity contribution in [2.24, 2.45) is 0 Å². The van der Waals surface area contributed by atoms with Crippen LogP contribution >= 0.6 is 0 Å². The van der Waals surface area contributed by atoms with E-state index in [0.29, 0.717) is 44.5 Å². The topological polar surface area (TPSA) is 108 Å². The van der Waals surface area contributed by atoms with E-state index in [-0.39, 0.29) is 38.7 Å². The molecule has 0 unspecified atom stereocenters. The van der Waals surface area contributed by atoms with Gasteiger partial charge in [-0.2, -0.15) is 0 Å². The Morgan fingerprint density at radius 1 is 0.927 bits per heavy atom. The lowest BCUT2D eigenvalue weighted by atomic mass is 10.2. The van der Waals surface area contributed by atoms with Gasteiger partial charge in [0.15, 0.2) is 0 Å². The molecule has 0 aliphatic heterocycles. The zero-order valence-corrected chi connectivity index (χ0v) is 24.6. The molecule has 1 amide bonds. The summed E-state index contributed by atoms with van der Waals surface area (Å²) in [6, 6.07) is 13.1. The number of hydrogen-bond donors (Lipinski definition) is 2. The van der Waals surface area contributed by atoms with Crippen LogP contribution in [0.25, 0.3) is 0 Å². The summed E-state index contributed by atoms with van der Waals surface area (Å²) in [4.78, 5) is 14.2. The second-order valence-electron chi connectivity index (χ2n) is 10.2. The summed E-state index contributed by atoms with van der Waals surface area (Å²) in [5.74, 6) is 0.766. The Balaban J connectivity index is 1.76. The number of aliphatic hydroxyl groups excluding tert-OH is 1. The maximum absolute atomic E-state index is 13.1. The fourth-order valence-electron chi connectivity index (χ4n) is 3.38. The molecule has 2 N–H and O–H groups in total. The Kier molecular flexibility index (Phi) is 16.0. The van der Waals surface area contributed by atoms with Crippen molar-refractivity contribution in [3.63, 3.8) is 0 Å². The maximum Gasteiger partial charge on any atom is 0.410 e. The van der Waals surface area contributed by atoms with E-state index in [1.807, 2.05) is 7.05 Å². The van der Waals surface area contributed by atoms with Crippen LogP contribution in [0.15, 0.2) is 48.5 Å². The number of amides is 1. The van der Waals surface area contributed by atoms with E-state index in [1.54, 1.807) is 57.2 Å². The van der Waals surface area contributed by atoms with Gasteiger partial charge in [-0.1, -0.05) is 18.2 Å². The average Bonchev–Trinajstić information content (AvgIpc) is 2.93. The van der Waals surface area contributed by atoms with E-state index in [9.17, 15) is 14.3 Å². The molecule has 11 heteroatoms. The van der Waals surface area contributed by atoms with E-state index in [0.717, 1.165) is 12.1 Å². The number of hydrogen-bond acceptors (Lipinski definition) is 9. The third-order valence-corrected chi connectivity index (χ3v) is 5.40. The van der Waals surface area contributed by atoms with Crippen molar-refractivity contribution in [1.29, 1.82) is 0 Å². The lowest BCUT2D eigenvalue weighted by molar-refractivity contribution is -0.00792. The van der Waals surface area contributed by atoms with Crippen LogP contribution in [0.3, 0.4) is 0 Å². The first-order valence-corrected chi connectivity index (χ1v) is 13.8. The number of benzene rings is 2. The monoisotopic (exact) mass is 580 g/mol. The smallest absolute Gasteiger partial charge is 0.410 e. The minimum absolute atomic E-state index is 0.000509. The van der Waals surface area contributed by atoms with E-state index >= 15 is 0 Å². The van der Waals surface area contributed by atoms with Crippen LogP contribution in [-0.2, 0) is 25.6 Å². The van der Waals surface area contributed by atoms with Crippen LogP contribution in [0.1, 0.15) is 26.3 Å². The molecule has 0 saturated carbocycles. The summed E-state index contributed by atoms with van der Waals surface area (Å²) in [5, 5.41) is 13.6. The Bertz CT molecular complexity index is 987. The minimum atomic E-state index is -0.974. The van der Waals surface area contributed by atoms with Crippen LogP contribution in [-0.4, -0.2) is 101 Å². The third-order valence-electron chi connectivity index (χ3n) is 5.40. The molecule has 0 aromatic heterocycles. The van der Waals surface area contributed by atoms with Gasteiger partial charge in [-0.15, -0.1) is 0 Å². The molecule has 2 aromatic carbocycles. The van der Waals surface area contributed by atoms with Crippen molar-refractivity contribution in [3.05, 3.63) is 59.9 Å². The van der Waals surface area contributed by atoms with Gasteiger partial charge < -0.3 is 43.7 Å². The normalized spacial score (nSPS) is 12.1. The van der Waals surface area contributed by atoms with Crippen molar-refractivity contribution in [2.45, 2.75) is 39.1 Å². The third kappa shape index (κ3) is 16.2. The molecule has 0 fully saturated rings. The molecule has 0 bridgehead atoms. The first-order valence-electron chi connectivity index (χ1n) is 13.8. The highest BCUT2D eigenvalue weighted by molar-refractivity contribution is 5.68. The summed E-state index contributed by atoms with van der Waals surface area (Å²) in [6.07, 6.45) is -1.52. The molecule has 10 nitrogen and oxygen atoms in total. The van der Waals surface area contributed by atoms with Crippen LogP contribution in [0.4, 0.5) is 9.18 Å². The molecule has 0 aliphatic rings. The number of carbonyl (C=O) groups excluding carboxylic acids is 1. The van der Waals surface area contributed by atoms with E-state index in [2.05, 4.69) is 5.32 Å². The summed E-state index contributed by atoms with van der Waals surface area (Å²) < 4.78 is 46.6. The van der Waals surface area contributed by atoms with Gasteiger partial charge in [-0.25, -0.2) is 9.18 Å². The number of ether oxygens (including phenoxy) is 6. The largest absolute Gasteiger partial charge is 0.491 e. The van der Waals surface area contributed by atoms with Crippen molar-refractivity contribution in [1.82, 2.24) is 10.2 Å². The van der Waals surface area contributed by atoms with Crippen molar-refractivity contribution in [3.8, 4) is 11.5 Å². The van der Waals surface area contributed by atoms with Gasteiger partial charge in [0.2, 0.25) is 0 Å². The molecule has 2 rings (SSSR count). The predicted octanol–water partition coefficient (Wildman–Crippen LogP) is 3.65. The molecule has 1 atom stereocenters. The number of rotatable bonds is 20. The molecule has 0 radical (unpaired) electrons. The number of nitrogens with one attached hydrogen (secondary N) is 1. The fourth-order valence-corrected chi connectivity index (χ4v) is 3.38. The van der Waals surface area contributed by atoms with E-state index in [4.69, 9.17) is 28.4 Å². The number of nitrogens with zero attached hydrogens (tertiary/aromatic N) is 1. The summed E-state index contributed by atoms with van der Waals surface area (Å²) in [6.45, 7) is 9.24. The molecule has 0 heterocycles. The van der Waals surface area contributed by atoms with Crippen LogP contribution in [0.2, 0.25) is 0 Å². The molecule has 230 valence electrons. The standard InChI is InChI=1S/C30H45FN2O8/c1-30(2,3)41-29(35)33(13-15-37-17-19-38-18-16-36-14-12-32-4)21-26(34)23-40-28-7-5-6-27(20-28)39-22-24-8-10-25(31)11-9-24/h5-11,20,26,32,34H,12-19,21-23H2,1-4H3/t26-/m1/s1. The first-order chi connectivity index (χ1) is 19.7. The molecule has 0 aliphatic carbocycles. The first kappa shape index (κ1) is 34.2. The molecule has 41 heavy (non-hydrogen) atoms. The van der Waals surface area contributed by atoms with Gasteiger partial charge in [0.25, 0.3) is 0 Å². The second kappa shape index (κ2) is 19.2. The van der Waals surface area contributed by atoms with Crippen LogP contribution < -0.4 is 14.8 Å². The maximum atomic E-state index is 13.1. The highest BCUT2D eigenvalue weighted by Gasteiger charge is 2.24. The van der Waals surface area contributed by atoms with Gasteiger partial charge in [-0.05, 0) is 57.6 Å². The van der Waals surface area contributed by atoms with Crippen molar-refractivity contribution < 1.29 is 42.7 Å². The predicted molar refractivity (Wildman–Crippen MR) is 153 cm³/mol. The van der Waals surface area contributed by atoms with Gasteiger partial charge in [-0.3, -0.25) is 0 Å². The molecule has 0 saturated heterocycles. The lowest BCUT2D eigenvalue weighted by Crippen LogP contribution is -2.44. The molecular formula is C30H45FN2O8. The number of likely N-dealkylation sites (N-methyl/N-ethyl adjacent to an activating group) is 1. The lowest BCUT2D eigenvalue weighted by Gasteiger charge is -2.29. The van der Waals surface area contributed by atoms with Crippen LogP contribution in [0.5, 0.6) is 11.5 Å². The average molecular weight is 581 g/mol. The SMILES string of the molecule is CNCCOCCOCCOCCN(C[C@@H](O)COc1cccc(OCc2ccc(F)cc2)c1)C(=O)OC(C)(C)C. The summed E-state index contributed by atoms with van der Waals surface area (Å²) in [5.41, 5.74) is 0.145. The number of aliphatic hydroxyl groups is 1. The van der Waals surface area contributed by atoms with E-state index < -0.39 is 17.8 Å². The van der Waals surface area contributed by atoms with Gasteiger partial charge in [0, 0.05) is 19.2 Å². The zero-order chi connectivity index (χ0) is 29.9. The van der Waals surface area contributed by atoms with Gasteiger partial charge in [0.05, 0.1) is 46.2 Å². The zero-order valence-electron chi connectivity index (χ0n) is 24.6. The molecule has 2 aromatic rings. The van der Waals surface area contributed by atoms with Crippen molar-refractivity contribution in [2.75, 3.05) is 72.9 Å². The second-order valence-corrected chi connectivity index (χ2v) is 10.2. The summed E-state index contributed by atoms with van der Waals surface area (Å²) in [7, 11) is 1.87. The Labute approximate surface area is 242 Å². The molecular weight excluding hydrogens is 535 g/mol. The van der Waals surface area contributed by atoms with Crippen molar-refractivity contribution >= 4 is 6.09 Å². The fraction of sp³-hybridized carbons (Fsp3) is 0.567. The summed E-state index contributed by atoms with van der Waals surface area (Å²) >= 11 is 0. The number of carbonyl (C=O) groups is 1. The number of halogens is 1. The molecule has 0 spiro atoms.